The minimum absolute atomic E-state index is 0.204. The van der Waals surface area contributed by atoms with E-state index in [0.29, 0.717) is 0 Å². The normalized spacial score (nSPS) is 27.4. The molecule has 1 saturated heterocycles. The van der Waals surface area contributed by atoms with Gasteiger partial charge in [0.25, 0.3) is 0 Å². The van der Waals surface area contributed by atoms with Crippen molar-refractivity contribution in [2.45, 2.75) is 44.5 Å². The van der Waals surface area contributed by atoms with Gasteiger partial charge in [-0.15, -0.1) is 0 Å². The summed E-state index contributed by atoms with van der Waals surface area (Å²) in [5.74, 6) is 0.737. The maximum absolute atomic E-state index is 11.3. The van der Waals surface area contributed by atoms with Crippen molar-refractivity contribution in [3.8, 4) is 6.01 Å². The Balaban J connectivity index is 2.39. The number of aromatic amines is 1. The number of aromatic nitrogens is 2. The second-order valence-corrected chi connectivity index (χ2v) is 7.28. The molecule has 0 radical (unpaired) electrons. The van der Waals surface area contributed by atoms with Crippen LogP contribution < -0.4 is 10.1 Å². The Morgan fingerprint density at radius 3 is 2.60 bits per heavy atom. The first-order valence-corrected chi connectivity index (χ1v) is 9.22. The van der Waals surface area contributed by atoms with E-state index in [-0.39, 0.29) is 6.10 Å². The van der Waals surface area contributed by atoms with Crippen LogP contribution >= 0.6 is 7.60 Å². The van der Waals surface area contributed by atoms with Gasteiger partial charge in [-0.05, 0) is 19.9 Å². The van der Waals surface area contributed by atoms with Crippen LogP contribution in [0.3, 0.4) is 0 Å². The maximum atomic E-state index is 11.3. The summed E-state index contributed by atoms with van der Waals surface area (Å²) >= 11 is 0. The molecule has 1 aromatic heterocycles. The molecule has 0 aliphatic carbocycles. The van der Waals surface area contributed by atoms with Crippen LogP contribution in [-0.4, -0.2) is 51.4 Å². The minimum Gasteiger partial charge on any atom is -0.446 e. The molecule has 11 heteroatoms. The molecule has 1 fully saturated rings. The van der Waals surface area contributed by atoms with E-state index in [1.807, 2.05) is 0 Å². The molecule has 4 N–H and O–H groups in total. The molecule has 4 atom stereocenters. The van der Waals surface area contributed by atoms with E-state index >= 15 is 0 Å². The number of hydrogen-bond donors (Lipinski definition) is 4. The summed E-state index contributed by atoms with van der Waals surface area (Å²) < 4.78 is 29.4. The number of hydrogen-bond acceptors (Lipinski definition) is 6. The zero-order chi connectivity index (χ0) is 18.8. The van der Waals surface area contributed by atoms with E-state index in [2.05, 4.69) is 4.98 Å². The molecule has 10 nitrogen and oxygen atoms in total. The molecule has 25 heavy (non-hydrogen) atoms. The lowest BCUT2D eigenvalue weighted by Gasteiger charge is -2.23. The van der Waals surface area contributed by atoms with Gasteiger partial charge < -0.3 is 29.1 Å². The lowest BCUT2D eigenvalue weighted by Crippen LogP contribution is -2.48. The van der Waals surface area contributed by atoms with Crippen molar-refractivity contribution in [3.05, 3.63) is 34.5 Å². The van der Waals surface area contributed by atoms with Gasteiger partial charge in [0, 0.05) is 12.9 Å². The van der Waals surface area contributed by atoms with Gasteiger partial charge >= 0.3 is 19.2 Å². The first kappa shape index (κ1) is 19.8. The number of aromatic hydroxyl groups is 1. The summed E-state index contributed by atoms with van der Waals surface area (Å²) in [7, 11) is -2.95. The highest BCUT2D eigenvalue weighted by atomic mass is 31.2. The fraction of sp³-hybridized carbons (Fsp3) is 0.571. The molecule has 0 spiro atoms. The third-order valence-corrected chi connectivity index (χ3v) is 4.10. The number of methoxy groups -OCH3 is 1. The van der Waals surface area contributed by atoms with Crippen LogP contribution in [0.15, 0.2) is 29.0 Å². The van der Waals surface area contributed by atoms with E-state index in [0.717, 1.165) is 5.82 Å². The average Bonchev–Trinajstić information content (AvgIpc) is 2.81. The van der Waals surface area contributed by atoms with Gasteiger partial charge in [-0.3, -0.25) is 4.57 Å². The van der Waals surface area contributed by atoms with Crippen molar-refractivity contribution in [2.24, 2.45) is 0 Å². The van der Waals surface area contributed by atoms with Gasteiger partial charge in [0.2, 0.25) is 6.23 Å². The predicted octanol–water partition coefficient (Wildman–Crippen LogP) is -0.235. The van der Waals surface area contributed by atoms with Crippen molar-refractivity contribution in [3.63, 3.8) is 0 Å². The van der Waals surface area contributed by atoms with Crippen LogP contribution in [0.4, 0.5) is 0 Å². The second-order valence-electron chi connectivity index (χ2n) is 5.81. The van der Waals surface area contributed by atoms with E-state index in [9.17, 15) is 14.5 Å². The quantitative estimate of drug-likeness (QED) is 0.393. The summed E-state index contributed by atoms with van der Waals surface area (Å²) in [6.07, 6.45) is -0.756. The molecule has 0 bridgehead atoms. The Bertz CT molecular complexity index is 728. The SMILES string of the molecule is COC1C(OC(C)C)[C@@H](/C=C/P(=O)(O)O)O[C@H]1[n+]1ccc(=O)[nH]c1O. The third kappa shape index (κ3) is 4.97. The fourth-order valence-electron chi connectivity index (χ4n) is 2.60. The molecular weight excluding hydrogens is 355 g/mol. The summed E-state index contributed by atoms with van der Waals surface area (Å²) in [6, 6.07) is 0.759. The maximum Gasteiger partial charge on any atom is 0.456 e. The van der Waals surface area contributed by atoms with Gasteiger partial charge in [0.15, 0.2) is 6.10 Å². The smallest absolute Gasteiger partial charge is 0.446 e. The number of nitrogens with one attached hydrogen (secondary N) is 1. The summed E-state index contributed by atoms with van der Waals surface area (Å²) in [6.45, 7) is 3.60. The molecule has 0 saturated carbocycles. The van der Waals surface area contributed by atoms with Crippen LogP contribution in [0.25, 0.3) is 0 Å². The highest BCUT2D eigenvalue weighted by Crippen LogP contribution is 2.39. The molecule has 140 valence electrons. The number of H-pyrrole nitrogens is 1. The zero-order valence-corrected chi connectivity index (χ0v) is 14.9. The van der Waals surface area contributed by atoms with Gasteiger partial charge in [-0.25, -0.2) is 4.79 Å². The number of rotatable bonds is 6. The highest BCUT2D eigenvalue weighted by molar-refractivity contribution is 7.55. The molecule has 1 aliphatic heterocycles. The minimum atomic E-state index is -4.38. The first-order valence-electron chi connectivity index (χ1n) is 7.54. The van der Waals surface area contributed by atoms with Crippen molar-refractivity contribution in [1.29, 1.82) is 0 Å². The molecule has 2 unspecified atom stereocenters. The monoisotopic (exact) mass is 377 g/mol. The van der Waals surface area contributed by atoms with Crippen LogP contribution in [0.2, 0.25) is 0 Å². The third-order valence-electron chi connectivity index (χ3n) is 3.54. The Morgan fingerprint density at radius 2 is 2.08 bits per heavy atom. The van der Waals surface area contributed by atoms with Crippen molar-refractivity contribution in [1.82, 2.24) is 4.98 Å². The Morgan fingerprint density at radius 1 is 1.40 bits per heavy atom. The van der Waals surface area contributed by atoms with E-state index in [1.54, 1.807) is 13.8 Å². The predicted molar refractivity (Wildman–Crippen MR) is 84.8 cm³/mol. The average molecular weight is 377 g/mol. The molecule has 1 aromatic rings. The van der Waals surface area contributed by atoms with E-state index in [1.165, 1.54) is 30.0 Å². The van der Waals surface area contributed by atoms with Crippen LogP contribution in [0.5, 0.6) is 6.01 Å². The molecule has 2 rings (SSSR count). The van der Waals surface area contributed by atoms with Gasteiger partial charge in [0.1, 0.15) is 18.4 Å². The van der Waals surface area contributed by atoms with Crippen molar-refractivity contribution in [2.75, 3.05) is 7.11 Å². The van der Waals surface area contributed by atoms with Crippen LogP contribution in [0, 0.1) is 0 Å². The van der Waals surface area contributed by atoms with Gasteiger partial charge in [-0.1, -0.05) is 0 Å². The van der Waals surface area contributed by atoms with Gasteiger partial charge in [-0.2, -0.15) is 9.55 Å². The van der Waals surface area contributed by atoms with Crippen LogP contribution in [0.1, 0.15) is 20.1 Å². The first-order chi connectivity index (χ1) is 11.6. The lowest BCUT2D eigenvalue weighted by molar-refractivity contribution is -0.771. The van der Waals surface area contributed by atoms with Crippen molar-refractivity contribution < 1.29 is 38.2 Å². The largest absolute Gasteiger partial charge is 0.456 e. The van der Waals surface area contributed by atoms with Gasteiger partial charge in [0.05, 0.1) is 12.2 Å². The zero-order valence-electron chi connectivity index (χ0n) is 14.0. The van der Waals surface area contributed by atoms with Crippen LogP contribution in [-0.2, 0) is 18.8 Å². The summed E-state index contributed by atoms with van der Waals surface area (Å²) in [5, 5.41) is 9.97. The standard InChI is InChI=1S/C14H21N2O8P/c1-8(2)23-11-9(5-7-25(19,20)21)24-13(12(11)22-3)16-6-4-10(17)15-14(16)18/h4-9,11-13H,1-3H3,(H3,15,17,18,19,20,21)/p+1/b7-5+/t9-,11?,12?,13-/m1/s1. The molecule has 0 amide bonds. The second kappa shape index (κ2) is 7.77. The number of ether oxygens (including phenoxy) is 3. The van der Waals surface area contributed by atoms with E-state index < -0.39 is 43.7 Å². The Labute approximate surface area is 143 Å². The fourth-order valence-corrected chi connectivity index (χ4v) is 2.99. The Kier molecular flexibility index (Phi) is 6.15. The molecule has 0 aromatic carbocycles. The van der Waals surface area contributed by atoms with E-state index in [4.69, 9.17) is 24.0 Å². The summed E-state index contributed by atoms with van der Waals surface area (Å²) in [4.78, 5) is 31.6. The Hall–Kier alpha value is -1.55. The number of nitrogens with zero attached hydrogens (tertiary/aromatic N) is 1. The lowest BCUT2D eigenvalue weighted by atomic mass is 10.1. The summed E-state index contributed by atoms with van der Waals surface area (Å²) in [5.41, 5.74) is -0.492. The molecule has 2 heterocycles. The highest BCUT2D eigenvalue weighted by Gasteiger charge is 2.49. The topological polar surface area (TPSA) is 142 Å². The van der Waals surface area contributed by atoms with Crippen molar-refractivity contribution >= 4 is 7.60 Å². The molecular formula is C14H22N2O8P+. The molecule has 1 aliphatic rings.